The summed E-state index contributed by atoms with van der Waals surface area (Å²) in [6, 6.07) is 9.10. The van der Waals surface area contributed by atoms with Crippen LogP contribution >= 0.6 is 0 Å². The average molecular weight is 243 g/mol. The maximum atomic E-state index is 12.3. The first kappa shape index (κ1) is 11.0. The molecule has 1 amide bonds. The second-order valence-electron chi connectivity index (χ2n) is 4.33. The van der Waals surface area contributed by atoms with Gasteiger partial charge in [-0.05, 0) is 18.6 Å². The highest BCUT2D eigenvalue weighted by molar-refractivity contribution is 6.06. The molecular weight excluding hydrogens is 230 g/mol. The van der Waals surface area contributed by atoms with Gasteiger partial charge in [-0.2, -0.15) is 0 Å². The van der Waals surface area contributed by atoms with E-state index in [2.05, 4.69) is 0 Å². The monoisotopic (exact) mass is 243 g/mol. The summed E-state index contributed by atoms with van der Waals surface area (Å²) in [6.07, 6.45) is 2.99. The zero-order valence-electron chi connectivity index (χ0n) is 9.74. The van der Waals surface area contributed by atoms with Crippen LogP contribution in [-0.2, 0) is 0 Å². The number of rotatable bonds is 1. The van der Waals surface area contributed by atoms with Gasteiger partial charge in [-0.15, -0.1) is 0 Å². The third-order valence-corrected chi connectivity index (χ3v) is 3.23. The molecule has 0 bridgehead atoms. The smallest absolute Gasteiger partial charge is 0.261 e. The van der Waals surface area contributed by atoms with Crippen LogP contribution in [-0.4, -0.2) is 17.6 Å². The summed E-state index contributed by atoms with van der Waals surface area (Å²) in [7, 11) is 0. The zero-order chi connectivity index (χ0) is 12.5. The predicted molar refractivity (Wildman–Crippen MR) is 66.4 cm³/mol. The Hall–Kier alpha value is -2.07. The quantitative estimate of drug-likeness (QED) is 0.836. The van der Waals surface area contributed by atoms with Gasteiger partial charge in [0.05, 0.1) is 17.9 Å². The number of nitrogens with zero attached hydrogens (tertiary/aromatic N) is 1. The lowest BCUT2D eigenvalue weighted by atomic mass is 9.98. The van der Waals surface area contributed by atoms with Crippen molar-refractivity contribution in [3.63, 3.8) is 0 Å². The molecule has 4 nitrogen and oxygen atoms in total. The number of carbonyl (C=O) groups excluding carboxylic acids is 1. The maximum Gasteiger partial charge on any atom is 0.261 e. The number of fused-ring (bicyclic) bond motifs is 1. The van der Waals surface area contributed by atoms with Crippen LogP contribution in [0.25, 0.3) is 0 Å². The fourth-order valence-corrected chi connectivity index (χ4v) is 2.30. The molecular formula is C14H13NO3. The van der Waals surface area contributed by atoms with E-state index in [-0.39, 0.29) is 5.91 Å². The molecule has 2 aromatic rings. The Bertz CT molecular complexity index is 562. The minimum atomic E-state index is -0.491. The topological polar surface area (TPSA) is 53.7 Å². The lowest BCUT2D eigenvalue weighted by molar-refractivity contribution is 0.0970. The van der Waals surface area contributed by atoms with E-state index in [0.29, 0.717) is 18.5 Å². The van der Waals surface area contributed by atoms with Crippen LogP contribution in [0.4, 0.5) is 5.69 Å². The molecule has 1 N–H and O–H groups in total. The van der Waals surface area contributed by atoms with Gasteiger partial charge in [0.15, 0.2) is 0 Å². The second-order valence-corrected chi connectivity index (χ2v) is 4.33. The average Bonchev–Trinajstić information content (AvgIpc) is 2.93. The molecule has 0 saturated carbocycles. The number of furan rings is 1. The van der Waals surface area contributed by atoms with Crippen LogP contribution in [0.1, 0.15) is 28.4 Å². The van der Waals surface area contributed by atoms with E-state index in [0.717, 1.165) is 11.3 Å². The van der Waals surface area contributed by atoms with E-state index < -0.39 is 6.10 Å². The summed E-state index contributed by atoms with van der Waals surface area (Å²) < 4.78 is 4.94. The zero-order valence-corrected chi connectivity index (χ0v) is 9.74. The van der Waals surface area contributed by atoms with Crippen LogP contribution in [0.2, 0.25) is 0 Å². The number of anilines is 1. The van der Waals surface area contributed by atoms with Gasteiger partial charge in [0, 0.05) is 17.8 Å². The van der Waals surface area contributed by atoms with E-state index in [1.54, 1.807) is 11.0 Å². The fraction of sp³-hybridized carbons (Fsp3) is 0.214. The first-order valence-electron chi connectivity index (χ1n) is 5.88. The SMILES string of the molecule is O=C(c1ccoc1)N1CCC(O)c2ccccc21. The number of amides is 1. The van der Waals surface area contributed by atoms with E-state index in [1.165, 1.54) is 12.5 Å². The Morgan fingerprint density at radius 3 is 2.94 bits per heavy atom. The van der Waals surface area contributed by atoms with Crippen molar-refractivity contribution in [1.82, 2.24) is 0 Å². The summed E-state index contributed by atoms with van der Waals surface area (Å²) in [5, 5.41) is 9.93. The molecule has 1 atom stereocenters. The van der Waals surface area contributed by atoms with Crippen molar-refractivity contribution in [3.8, 4) is 0 Å². The lowest BCUT2D eigenvalue weighted by Gasteiger charge is -2.31. The number of aliphatic hydroxyl groups is 1. The molecule has 1 aromatic heterocycles. The molecule has 0 radical (unpaired) electrons. The van der Waals surface area contributed by atoms with Crippen molar-refractivity contribution in [2.45, 2.75) is 12.5 Å². The first-order chi connectivity index (χ1) is 8.77. The molecule has 0 fully saturated rings. The third kappa shape index (κ3) is 1.71. The van der Waals surface area contributed by atoms with Crippen LogP contribution in [0.5, 0.6) is 0 Å². The van der Waals surface area contributed by atoms with Gasteiger partial charge >= 0.3 is 0 Å². The largest absolute Gasteiger partial charge is 0.472 e. The van der Waals surface area contributed by atoms with Crippen molar-refractivity contribution < 1.29 is 14.3 Å². The highest BCUT2D eigenvalue weighted by Gasteiger charge is 2.28. The number of para-hydroxylation sites is 1. The molecule has 0 spiro atoms. The number of aliphatic hydroxyl groups excluding tert-OH is 1. The van der Waals surface area contributed by atoms with E-state index in [4.69, 9.17) is 4.42 Å². The molecule has 1 aliphatic rings. The lowest BCUT2D eigenvalue weighted by Crippen LogP contribution is -2.36. The van der Waals surface area contributed by atoms with Crippen molar-refractivity contribution in [3.05, 3.63) is 54.0 Å². The summed E-state index contributed by atoms with van der Waals surface area (Å²) in [6.45, 7) is 0.516. The van der Waals surface area contributed by atoms with Crippen LogP contribution < -0.4 is 4.90 Å². The fourth-order valence-electron chi connectivity index (χ4n) is 2.30. The Labute approximate surface area is 104 Å². The summed E-state index contributed by atoms with van der Waals surface area (Å²) >= 11 is 0. The van der Waals surface area contributed by atoms with Gasteiger partial charge in [0.2, 0.25) is 0 Å². The third-order valence-electron chi connectivity index (χ3n) is 3.23. The van der Waals surface area contributed by atoms with Crippen molar-refractivity contribution in [2.24, 2.45) is 0 Å². The molecule has 1 unspecified atom stereocenters. The minimum absolute atomic E-state index is 0.0944. The molecule has 2 heterocycles. The summed E-state index contributed by atoms with van der Waals surface area (Å²) in [5.41, 5.74) is 2.12. The number of carbonyl (C=O) groups is 1. The van der Waals surface area contributed by atoms with Gasteiger partial charge in [-0.1, -0.05) is 18.2 Å². The number of hydrogen-bond donors (Lipinski definition) is 1. The Morgan fingerprint density at radius 1 is 1.33 bits per heavy atom. The van der Waals surface area contributed by atoms with Crippen LogP contribution in [0.3, 0.4) is 0 Å². The number of hydrogen-bond acceptors (Lipinski definition) is 3. The van der Waals surface area contributed by atoms with Gasteiger partial charge < -0.3 is 14.4 Å². The molecule has 18 heavy (non-hydrogen) atoms. The highest BCUT2D eigenvalue weighted by Crippen LogP contribution is 2.34. The standard InChI is InChI=1S/C14H13NO3/c16-13-5-7-15(12-4-2-1-3-11(12)13)14(17)10-6-8-18-9-10/h1-4,6,8-9,13,16H,5,7H2. The summed E-state index contributed by atoms with van der Waals surface area (Å²) in [5.74, 6) is -0.0944. The molecule has 1 aliphatic heterocycles. The van der Waals surface area contributed by atoms with Crippen molar-refractivity contribution >= 4 is 11.6 Å². The molecule has 3 rings (SSSR count). The van der Waals surface area contributed by atoms with Gasteiger partial charge in [0.25, 0.3) is 5.91 Å². The Balaban J connectivity index is 2.00. The molecule has 4 heteroatoms. The second kappa shape index (κ2) is 4.31. The van der Waals surface area contributed by atoms with E-state index in [1.807, 2.05) is 24.3 Å². The molecule has 1 aromatic carbocycles. The van der Waals surface area contributed by atoms with Gasteiger partial charge in [0.1, 0.15) is 6.26 Å². The maximum absolute atomic E-state index is 12.3. The predicted octanol–water partition coefficient (Wildman–Crippen LogP) is 2.36. The first-order valence-corrected chi connectivity index (χ1v) is 5.88. The Kier molecular flexibility index (Phi) is 2.64. The Morgan fingerprint density at radius 2 is 2.17 bits per heavy atom. The summed E-state index contributed by atoms with van der Waals surface area (Å²) in [4.78, 5) is 14.0. The van der Waals surface area contributed by atoms with Crippen molar-refractivity contribution in [1.29, 1.82) is 0 Å². The minimum Gasteiger partial charge on any atom is -0.472 e. The van der Waals surface area contributed by atoms with Gasteiger partial charge in [-0.3, -0.25) is 4.79 Å². The van der Waals surface area contributed by atoms with Gasteiger partial charge in [-0.25, -0.2) is 0 Å². The normalized spacial score (nSPS) is 18.5. The number of benzene rings is 1. The van der Waals surface area contributed by atoms with E-state index >= 15 is 0 Å². The molecule has 0 saturated heterocycles. The van der Waals surface area contributed by atoms with Crippen LogP contribution in [0.15, 0.2) is 47.3 Å². The highest BCUT2D eigenvalue weighted by atomic mass is 16.3. The van der Waals surface area contributed by atoms with Crippen LogP contribution in [0, 0.1) is 0 Å². The molecule has 0 aliphatic carbocycles. The van der Waals surface area contributed by atoms with Crippen molar-refractivity contribution in [2.75, 3.05) is 11.4 Å². The van der Waals surface area contributed by atoms with E-state index in [9.17, 15) is 9.90 Å². The molecule has 92 valence electrons.